The molecule has 3 rings (SSSR count). The van der Waals surface area contributed by atoms with Crippen LogP contribution in [0.25, 0.3) is 0 Å². The summed E-state index contributed by atoms with van der Waals surface area (Å²) >= 11 is 5.97. The van der Waals surface area contributed by atoms with E-state index in [0.29, 0.717) is 24.4 Å². The fourth-order valence-corrected chi connectivity index (χ4v) is 3.24. The van der Waals surface area contributed by atoms with Gasteiger partial charge < -0.3 is 14.7 Å². The standard InChI is InChI=1S/C15H16ClNO4/c16-11-3-4-13-9(7-11)6-10(8-21-13)14(18)17-5-1-2-12(17)15(19)20/h3-4,7,10,12H,1-2,5-6,8H2,(H,19,20)/t10?,12-/m0/s1. The number of likely N-dealkylation sites (tertiary alicyclic amines) is 1. The van der Waals surface area contributed by atoms with Crippen molar-refractivity contribution in [2.45, 2.75) is 25.3 Å². The first-order valence-corrected chi connectivity index (χ1v) is 7.38. The van der Waals surface area contributed by atoms with Crippen LogP contribution in [0.1, 0.15) is 18.4 Å². The Balaban J connectivity index is 1.76. The maximum atomic E-state index is 12.6. The Hall–Kier alpha value is -1.75. The Morgan fingerprint density at radius 2 is 2.19 bits per heavy atom. The number of amides is 1. The number of carboxylic acids is 1. The fraction of sp³-hybridized carbons (Fsp3) is 0.467. The molecule has 2 heterocycles. The molecule has 0 bridgehead atoms. The van der Waals surface area contributed by atoms with Crippen LogP contribution in [0.15, 0.2) is 18.2 Å². The highest BCUT2D eigenvalue weighted by Gasteiger charge is 2.38. The third kappa shape index (κ3) is 2.70. The van der Waals surface area contributed by atoms with Crippen molar-refractivity contribution in [3.63, 3.8) is 0 Å². The zero-order chi connectivity index (χ0) is 15.0. The van der Waals surface area contributed by atoms with Crippen LogP contribution >= 0.6 is 11.6 Å². The summed E-state index contributed by atoms with van der Waals surface area (Å²) in [6.07, 6.45) is 1.80. The molecule has 1 unspecified atom stereocenters. The molecular weight excluding hydrogens is 294 g/mol. The zero-order valence-electron chi connectivity index (χ0n) is 11.4. The average Bonchev–Trinajstić information content (AvgIpc) is 2.95. The van der Waals surface area contributed by atoms with E-state index in [2.05, 4.69) is 0 Å². The largest absolute Gasteiger partial charge is 0.492 e. The summed E-state index contributed by atoms with van der Waals surface area (Å²) in [4.78, 5) is 25.2. The number of carbonyl (C=O) groups excluding carboxylic acids is 1. The predicted octanol–water partition coefficient (Wildman–Crippen LogP) is 1.97. The van der Waals surface area contributed by atoms with Gasteiger partial charge in [-0.05, 0) is 43.0 Å². The highest BCUT2D eigenvalue weighted by atomic mass is 35.5. The van der Waals surface area contributed by atoms with Crippen molar-refractivity contribution in [3.05, 3.63) is 28.8 Å². The van der Waals surface area contributed by atoms with Crippen LogP contribution in [-0.4, -0.2) is 41.1 Å². The molecule has 0 radical (unpaired) electrons. The van der Waals surface area contributed by atoms with Gasteiger partial charge in [-0.25, -0.2) is 4.79 Å². The van der Waals surface area contributed by atoms with Crippen LogP contribution in [0.5, 0.6) is 5.75 Å². The Bertz CT molecular complexity index is 589. The molecule has 6 heteroatoms. The molecule has 1 aromatic rings. The second-order valence-corrected chi connectivity index (χ2v) is 5.93. The Kier molecular flexibility index (Phi) is 3.76. The lowest BCUT2D eigenvalue weighted by Crippen LogP contribution is -2.46. The third-order valence-electron chi connectivity index (χ3n) is 4.10. The number of rotatable bonds is 2. The van der Waals surface area contributed by atoms with Crippen LogP contribution in [0.2, 0.25) is 5.02 Å². The number of aliphatic carboxylic acids is 1. The fourth-order valence-electron chi connectivity index (χ4n) is 3.04. The molecule has 0 saturated carbocycles. The molecule has 0 aliphatic carbocycles. The van der Waals surface area contributed by atoms with Crippen molar-refractivity contribution in [2.75, 3.05) is 13.2 Å². The van der Waals surface area contributed by atoms with Crippen molar-refractivity contribution in [2.24, 2.45) is 5.92 Å². The summed E-state index contributed by atoms with van der Waals surface area (Å²) < 4.78 is 5.61. The monoisotopic (exact) mass is 309 g/mol. The van der Waals surface area contributed by atoms with E-state index in [4.69, 9.17) is 16.3 Å². The number of hydrogen-bond donors (Lipinski definition) is 1. The molecule has 1 saturated heterocycles. The normalized spacial score (nSPS) is 24.3. The highest BCUT2D eigenvalue weighted by molar-refractivity contribution is 6.30. The molecule has 0 spiro atoms. The van der Waals surface area contributed by atoms with Crippen molar-refractivity contribution in [1.82, 2.24) is 4.90 Å². The van der Waals surface area contributed by atoms with Gasteiger partial charge in [-0.15, -0.1) is 0 Å². The van der Waals surface area contributed by atoms with Gasteiger partial charge in [0, 0.05) is 11.6 Å². The number of hydrogen-bond acceptors (Lipinski definition) is 3. The number of benzene rings is 1. The maximum absolute atomic E-state index is 12.6. The SMILES string of the molecule is O=C(O)[C@@H]1CCCN1C(=O)C1COc2ccc(Cl)cc2C1. The van der Waals surface area contributed by atoms with Gasteiger partial charge in [0.2, 0.25) is 5.91 Å². The molecule has 2 aliphatic rings. The highest BCUT2D eigenvalue weighted by Crippen LogP contribution is 2.31. The van der Waals surface area contributed by atoms with Crippen molar-refractivity contribution >= 4 is 23.5 Å². The van der Waals surface area contributed by atoms with Crippen LogP contribution in [0, 0.1) is 5.92 Å². The van der Waals surface area contributed by atoms with E-state index < -0.39 is 12.0 Å². The molecule has 1 N–H and O–H groups in total. The average molecular weight is 310 g/mol. The van der Waals surface area contributed by atoms with E-state index in [9.17, 15) is 14.7 Å². The molecule has 1 aromatic carbocycles. The summed E-state index contributed by atoms with van der Waals surface area (Å²) in [5.74, 6) is -0.651. The topological polar surface area (TPSA) is 66.8 Å². The quantitative estimate of drug-likeness (QED) is 0.907. The molecule has 2 atom stereocenters. The summed E-state index contributed by atoms with van der Waals surface area (Å²) in [5.41, 5.74) is 0.901. The number of halogens is 1. The first-order valence-electron chi connectivity index (χ1n) is 7.01. The van der Waals surface area contributed by atoms with Crippen LogP contribution in [0.4, 0.5) is 0 Å². The molecular formula is C15H16ClNO4. The van der Waals surface area contributed by atoms with Gasteiger partial charge in [-0.2, -0.15) is 0 Å². The zero-order valence-corrected chi connectivity index (χ0v) is 12.2. The Morgan fingerprint density at radius 1 is 1.38 bits per heavy atom. The lowest BCUT2D eigenvalue weighted by molar-refractivity contribution is -0.150. The second kappa shape index (κ2) is 5.56. The first kappa shape index (κ1) is 14.2. The van der Waals surface area contributed by atoms with E-state index in [1.54, 1.807) is 18.2 Å². The molecule has 5 nitrogen and oxygen atoms in total. The molecule has 2 aliphatic heterocycles. The Morgan fingerprint density at radius 3 is 2.95 bits per heavy atom. The van der Waals surface area contributed by atoms with E-state index in [0.717, 1.165) is 17.7 Å². The third-order valence-corrected chi connectivity index (χ3v) is 4.33. The molecule has 0 aromatic heterocycles. The van der Waals surface area contributed by atoms with E-state index >= 15 is 0 Å². The van der Waals surface area contributed by atoms with Gasteiger partial charge in [-0.1, -0.05) is 11.6 Å². The molecule has 1 amide bonds. The van der Waals surface area contributed by atoms with Gasteiger partial charge in [-0.3, -0.25) is 4.79 Å². The lowest BCUT2D eigenvalue weighted by atomic mass is 9.95. The predicted molar refractivity (Wildman–Crippen MR) is 76.5 cm³/mol. The summed E-state index contributed by atoms with van der Waals surface area (Å²) in [7, 11) is 0. The van der Waals surface area contributed by atoms with Gasteiger partial charge in [0.1, 0.15) is 18.4 Å². The number of ether oxygens (including phenoxy) is 1. The van der Waals surface area contributed by atoms with Gasteiger partial charge in [0.05, 0.1) is 5.92 Å². The lowest BCUT2D eigenvalue weighted by Gasteiger charge is -2.30. The van der Waals surface area contributed by atoms with Gasteiger partial charge in [0.25, 0.3) is 0 Å². The van der Waals surface area contributed by atoms with Gasteiger partial charge in [0.15, 0.2) is 0 Å². The minimum atomic E-state index is -0.930. The summed E-state index contributed by atoms with van der Waals surface area (Å²) in [6, 6.07) is 4.66. The molecule has 21 heavy (non-hydrogen) atoms. The number of fused-ring (bicyclic) bond motifs is 1. The maximum Gasteiger partial charge on any atom is 0.326 e. The van der Waals surface area contributed by atoms with E-state index in [-0.39, 0.29) is 18.4 Å². The summed E-state index contributed by atoms with van der Waals surface area (Å²) in [5, 5.41) is 9.79. The minimum absolute atomic E-state index is 0.134. The van der Waals surface area contributed by atoms with Crippen LogP contribution in [-0.2, 0) is 16.0 Å². The van der Waals surface area contributed by atoms with Crippen molar-refractivity contribution in [1.29, 1.82) is 0 Å². The van der Waals surface area contributed by atoms with Crippen LogP contribution in [0.3, 0.4) is 0 Å². The number of carboxylic acid groups (broad SMARTS) is 1. The second-order valence-electron chi connectivity index (χ2n) is 5.49. The molecule has 112 valence electrons. The number of nitrogens with zero attached hydrogens (tertiary/aromatic N) is 1. The Labute approximate surface area is 127 Å². The van der Waals surface area contributed by atoms with E-state index in [1.165, 1.54) is 4.90 Å². The first-order chi connectivity index (χ1) is 10.1. The van der Waals surface area contributed by atoms with Crippen molar-refractivity contribution in [3.8, 4) is 5.75 Å². The number of carbonyl (C=O) groups is 2. The van der Waals surface area contributed by atoms with E-state index in [1.807, 2.05) is 0 Å². The minimum Gasteiger partial charge on any atom is -0.492 e. The smallest absolute Gasteiger partial charge is 0.326 e. The molecule has 1 fully saturated rings. The van der Waals surface area contributed by atoms with Crippen molar-refractivity contribution < 1.29 is 19.4 Å². The summed E-state index contributed by atoms with van der Waals surface area (Å²) in [6.45, 7) is 0.797. The van der Waals surface area contributed by atoms with Gasteiger partial charge >= 0.3 is 5.97 Å². The van der Waals surface area contributed by atoms with Crippen LogP contribution < -0.4 is 4.74 Å².